The number of ether oxygens (including phenoxy) is 2. The van der Waals surface area contributed by atoms with E-state index >= 15 is 0 Å². The van der Waals surface area contributed by atoms with E-state index in [1.165, 1.54) is 0 Å². The fourth-order valence-electron chi connectivity index (χ4n) is 2.22. The van der Waals surface area contributed by atoms with Crippen LogP contribution in [0.3, 0.4) is 0 Å². The Kier molecular flexibility index (Phi) is 4.20. The number of nitrogens with one attached hydrogen (secondary N) is 1. The van der Waals surface area contributed by atoms with Crippen molar-refractivity contribution in [3.8, 4) is 11.5 Å². The first kappa shape index (κ1) is 14.7. The molecule has 3 aromatic rings. The Labute approximate surface area is 133 Å². The second-order valence-electron chi connectivity index (χ2n) is 4.80. The number of imidazole rings is 1. The van der Waals surface area contributed by atoms with Crippen LogP contribution in [0.25, 0.3) is 11.0 Å². The molecule has 0 atom stereocenters. The van der Waals surface area contributed by atoms with Crippen LogP contribution in [0, 0.1) is 6.92 Å². The van der Waals surface area contributed by atoms with Crippen LogP contribution in [-0.4, -0.2) is 29.2 Å². The van der Waals surface area contributed by atoms with Crippen LogP contribution in [0.2, 0.25) is 0 Å². The SMILES string of the molecule is COc1ccc2[nH]c(SCc3nccc(OC)c3C)nc2c1. The van der Waals surface area contributed by atoms with Crippen LogP contribution >= 0.6 is 11.8 Å². The van der Waals surface area contributed by atoms with Crippen LogP contribution in [0.1, 0.15) is 11.3 Å². The zero-order valence-electron chi connectivity index (χ0n) is 12.7. The van der Waals surface area contributed by atoms with Crippen LogP contribution < -0.4 is 9.47 Å². The van der Waals surface area contributed by atoms with Crippen molar-refractivity contribution in [3.05, 3.63) is 41.7 Å². The highest BCUT2D eigenvalue weighted by molar-refractivity contribution is 7.98. The number of H-pyrrole nitrogens is 1. The Hall–Kier alpha value is -2.21. The predicted molar refractivity (Wildman–Crippen MR) is 87.7 cm³/mol. The number of thioether (sulfide) groups is 1. The Morgan fingerprint density at radius 3 is 2.82 bits per heavy atom. The minimum absolute atomic E-state index is 0.736. The molecule has 22 heavy (non-hydrogen) atoms. The fourth-order valence-corrected chi connectivity index (χ4v) is 3.13. The molecule has 1 aromatic carbocycles. The summed E-state index contributed by atoms with van der Waals surface area (Å²) < 4.78 is 10.5. The third kappa shape index (κ3) is 2.87. The zero-order chi connectivity index (χ0) is 15.5. The van der Waals surface area contributed by atoms with E-state index in [0.29, 0.717) is 0 Å². The molecule has 0 unspecified atom stereocenters. The molecule has 0 saturated carbocycles. The molecule has 0 bridgehead atoms. The van der Waals surface area contributed by atoms with E-state index in [0.717, 1.165) is 44.7 Å². The Morgan fingerprint density at radius 1 is 1.18 bits per heavy atom. The number of rotatable bonds is 5. The minimum Gasteiger partial charge on any atom is -0.497 e. The van der Waals surface area contributed by atoms with E-state index in [9.17, 15) is 0 Å². The van der Waals surface area contributed by atoms with Crippen LogP contribution in [0.5, 0.6) is 11.5 Å². The maximum atomic E-state index is 5.32. The molecule has 2 heterocycles. The summed E-state index contributed by atoms with van der Waals surface area (Å²) >= 11 is 1.62. The molecule has 1 N–H and O–H groups in total. The highest BCUT2D eigenvalue weighted by Crippen LogP contribution is 2.27. The summed E-state index contributed by atoms with van der Waals surface area (Å²) in [6.07, 6.45) is 1.77. The molecule has 114 valence electrons. The van der Waals surface area contributed by atoms with E-state index in [2.05, 4.69) is 15.0 Å². The fraction of sp³-hybridized carbons (Fsp3) is 0.250. The van der Waals surface area contributed by atoms with Gasteiger partial charge in [-0.3, -0.25) is 4.98 Å². The monoisotopic (exact) mass is 315 g/mol. The van der Waals surface area contributed by atoms with Crippen molar-refractivity contribution in [2.75, 3.05) is 14.2 Å². The number of pyridine rings is 1. The van der Waals surface area contributed by atoms with Crippen molar-refractivity contribution >= 4 is 22.8 Å². The molecule has 0 aliphatic carbocycles. The van der Waals surface area contributed by atoms with Gasteiger partial charge in [-0.25, -0.2) is 4.98 Å². The van der Waals surface area contributed by atoms with Gasteiger partial charge in [0.1, 0.15) is 11.5 Å². The minimum atomic E-state index is 0.736. The third-order valence-corrected chi connectivity index (χ3v) is 4.38. The quantitative estimate of drug-likeness (QED) is 0.729. The van der Waals surface area contributed by atoms with Crippen LogP contribution in [0.15, 0.2) is 35.6 Å². The summed E-state index contributed by atoms with van der Waals surface area (Å²) in [5.41, 5.74) is 3.97. The smallest absolute Gasteiger partial charge is 0.166 e. The zero-order valence-corrected chi connectivity index (χ0v) is 13.5. The molecule has 2 aromatic heterocycles. The highest BCUT2D eigenvalue weighted by Gasteiger charge is 2.09. The van der Waals surface area contributed by atoms with Crippen molar-refractivity contribution in [2.24, 2.45) is 0 Å². The molecule has 0 fully saturated rings. The standard InChI is InChI=1S/C16H17N3O2S/c1-10-14(17-7-6-15(10)21-3)9-22-16-18-12-5-4-11(20-2)8-13(12)19-16/h4-8H,9H2,1-3H3,(H,18,19). The van der Waals surface area contributed by atoms with Gasteiger partial charge in [0.25, 0.3) is 0 Å². The average Bonchev–Trinajstić information content (AvgIpc) is 2.95. The van der Waals surface area contributed by atoms with Crippen molar-refractivity contribution in [2.45, 2.75) is 17.8 Å². The Balaban J connectivity index is 1.79. The maximum absolute atomic E-state index is 5.32. The van der Waals surface area contributed by atoms with Gasteiger partial charge >= 0.3 is 0 Å². The predicted octanol–water partition coefficient (Wildman–Crippen LogP) is 3.58. The number of hydrogen-bond donors (Lipinski definition) is 1. The van der Waals surface area contributed by atoms with Gasteiger partial charge in [0, 0.05) is 23.6 Å². The third-order valence-electron chi connectivity index (χ3n) is 3.49. The molecular formula is C16H17N3O2S. The van der Waals surface area contributed by atoms with Gasteiger partial charge < -0.3 is 14.5 Å². The van der Waals surface area contributed by atoms with Crippen molar-refractivity contribution < 1.29 is 9.47 Å². The van der Waals surface area contributed by atoms with Gasteiger partial charge in [-0.15, -0.1) is 0 Å². The number of aromatic amines is 1. The van der Waals surface area contributed by atoms with Gasteiger partial charge in [0.15, 0.2) is 5.16 Å². The van der Waals surface area contributed by atoms with Crippen molar-refractivity contribution in [3.63, 3.8) is 0 Å². The largest absolute Gasteiger partial charge is 0.497 e. The molecule has 0 aliphatic heterocycles. The second-order valence-corrected chi connectivity index (χ2v) is 5.76. The molecule has 3 rings (SSSR count). The highest BCUT2D eigenvalue weighted by atomic mass is 32.2. The number of hydrogen-bond acceptors (Lipinski definition) is 5. The first-order chi connectivity index (χ1) is 10.7. The summed E-state index contributed by atoms with van der Waals surface area (Å²) in [7, 11) is 3.33. The van der Waals surface area contributed by atoms with Gasteiger partial charge in [0.2, 0.25) is 0 Å². The molecule has 0 aliphatic rings. The molecule has 0 radical (unpaired) electrons. The molecule has 0 amide bonds. The van der Waals surface area contributed by atoms with Crippen LogP contribution in [0.4, 0.5) is 0 Å². The number of aromatic nitrogens is 3. The Morgan fingerprint density at radius 2 is 2.05 bits per heavy atom. The van der Waals surface area contributed by atoms with E-state index < -0.39 is 0 Å². The lowest BCUT2D eigenvalue weighted by atomic mass is 10.2. The Bertz CT molecular complexity index is 801. The van der Waals surface area contributed by atoms with Gasteiger partial charge in [-0.2, -0.15) is 0 Å². The lowest BCUT2D eigenvalue weighted by Gasteiger charge is -2.08. The number of methoxy groups -OCH3 is 2. The van der Waals surface area contributed by atoms with E-state index in [-0.39, 0.29) is 0 Å². The average molecular weight is 315 g/mol. The second kappa shape index (κ2) is 6.27. The van der Waals surface area contributed by atoms with Gasteiger partial charge in [-0.05, 0) is 25.1 Å². The topological polar surface area (TPSA) is 60.0 Å². The maximum Gasteiger partial charge on any atom is 0.166 e. The first-order valence-corrected chi connectivity index (χ1v) is 7.85. The van der Waals surface area contributed by atoms with Crippen molar-refractivity contribution in [1.29, 1.82) is 0 Å². The summed E-state index contributed by atoms with van der Waals surface area (Å²) in [6, 6.07) is 7.69. The summed E-state index contributed by atoms with van der Waals surface area (Å²) in [4.78, 5) is 12.3. The first-order valence-electron chi connectivity index (χ1n) is 6.86. The van der Waals surface area contributed by atoms with E-state index in [4.69, 9.17) is 9.47 Å². The molecule has 0 saturated heterocycles. The number of nitrogens with zero attached hydrogens (tertiary/aromatic N) is 2. The lowest BCUT2D eigenvalue weighted by molar-refractivity contribution is 0.410. The number of fused-ring (bicyclic) bond motifs is 1. The number of benzene rings is 1. The van der Waals surface area contributed by atoms with Gasteiger partial charge in [-0.1, -0.05) is 11.8 Å². The summed E-state index contributed by atoms with van der Waals surface area (Å²) in [5, 5.41) is 0.868. The van der Waals surface area contributed by atoms with Crippen molar-refractivity contribution in [1.82, 2.24) is 15.0 Å². The normalized spacial score (nSPS) is 10.9. The van der Waals surface area contributed by atoms with E-state index in [1.54, 1.807) is 32.2 Å². The van der Waals surface area contributed by atoms with Gasteiger partial charge in [0.05, 0.1) is 30.9 Å². The lowest BCUT2D eigenvalue weighted by Crippen LogP contribution is -1.95. The summed E-state index contributed by atoms with van der Waals surface area (Å²) in [6.45, 7) is 2.02. The molecule has 6 heteroatoms. The van der Waals surface area contributed by atoms with E-state index in [1.807, 2.05) is 31.2 Å². The molecular weight excluding hydrogens is 298 g/mol. The summed E-state index contributed by atoms with van der Waals surface area (Å²) in [5.74, 6) is 2.40. The molecule has 5 nitrogen and oxygen atoms in total. The molecule has 0 spiro atoms. The van der Waals surface area contributed by atoms with Crippen LogP contribution in [-0.2, 0) is 5.75 Å².